The van der Waals surface area contributed by atoms with E-state index in [1.807, 2.05) is 6.08 Å². The molecule has 0 aliphatic carbocycles. The van der Waals surface area contributed by atoms with Crippen LogP contribution in [0.25, 0.3) is 0 Å². The van der Waals surface area contributed by atoms with Crippen LogP contribution in [-0.4, -0.2) is 92.8 Å². The summed E-state index contributed by atoms with van der Waals surface area (Å²) in [5.41, 5.74) is 0. The van der Waals surface area contributed by atoms with Crippen molar-refractivity contribution in [3.8, 4) is 0 Å². The number of rotatable bonds is 36. The van der Waals surface area contributed by atoms with Crippen molar-refractivity contribution < 1.29 is 71.8 Å². The van der Waals surface area contributed by atoms with Gasteiger partial charge in [0.1, 0.15) is 12.7 Å². The van der Waals surface area contributed by atoms with Gasteiger partial charge in [-0.15, -0.1) is 0 Å². The molecule has 0 rings (SSSR count). The highest BCUT2D eigenvalue weighted by Crippen LogP contribution is 2.43. The summed E-state index contributed by atoms with van der Waals surface area (Å²) in [5.74, 6) is -0.561. The molecule has 15 nitrogen and oxygen atoms in total. The highest BCUT2D eigenvalue weighted by Gasteiger charge is 2.28. The van der Waals surface area contributed by atoms with Crippen LogP contribution in [0.1, 0.15) is 130 Å². The van der Waals surface area contributed by atoms with E-state index >= 15 is 0 Å². The van der Waals surface area contributed by atoms with Gasteiger partial charge in [0.2, 0.25) is 0 Å². The summed E-state index contributed by atoms with van der Waals surface area (Å²) >= 11 is 0. The Bertz CT molecular complexity index is 1230. The summed E-state index contributed by atoms with van der Waals surface area (Å²) in [7, 11) is -9.75. The minimum absolute atomic E-state index is 0.0660. The highest BCUT2D eigenvalue weighted by molar-refractivity contribution is 7.47. The molecule has 56 heavy (non-hydrogen) atoms. The van der Waals surface area contributed by atoms with Crippen molar-refractivity contribution in [2.24, 2.45) is 5.92 Å². The molecule has 0 aromatic carbocycles. The van der Waals surface area contributed by atoms with Gasteiger partial charge in [-0.05, 0) is 44.4 Å². The number of aliphatic hydroxyl groups excluding tert-OH is 3. The van der Waals surface area contributed by atoms with Gasteiger partial charge in [-0.3, -0.25) is 23.2 Å². The molecule has 0 aliphatic rings. The molecule has 6 atom stereocenters. The van der Waals surface area contributed by atoms with Crippen LogP contribution in [0.4, 0.5) is 0 Å². The topological polar surface area (TPSA) is 236 Å². The molecule has 0 saturated carbocycles. The predicted molar refractivity (Wildman–Crippen MR) is 214 cm³/mol. The van der Waals surface area contributed by atoms with Crippen LogP contribution in [0.3, 0.4) is 0 Å². The lowest BCUT2D eigenvalue weighted by Gasteiger charge is -2.20. The van der Waals surface area contributed by atoms with E-state index in [2.05, 4.69) is 35.9 Å². The number of unbranched alkanes of at least 4 members (excludes halogenated alkanes) is 8. The largest absolute Gasteiger partial charge is 0.472 e. The van der Waals surface area contributed by atoms with Gasteiger partial charge in [0.15, 0.2) is 6.10 Å². The molecule has 2 unspecified atom stereocenters. The number of phosphoric acid groups is 2. The Balaban J connectivity index is 4.82. The first-order valence-electron chi connectivity index (χ1n) is 19.9. The second kappa shape index (κ2) is 33.9. The minimum atomic E-state index is -4.89. The van der Waals surface area contributed by atoms with Crippen molar-refractivity contribution in [2.45, 2.75) is 154 Å². The highest BCUT2D eigenvalue weighted by atomic mass is 31.2. The van der Waals surface area contributed by atoms with Gasteiger partial charge in [-0.1, -0.05) is 127 Å². The third kappa shape index (κ3) is 36.3. The van der Waals surface area contributed by atoms with Crippen LogP contribution in [0, 0.1) is 5.92 Å². The second-order valence-corrected chi connectivity index (χ2v) is 16.5. The van der Waals surface area contributed by atoms with Gasteiger partial charge in [0, 0.05) is 12.8 Å². The van der Waals surface area contributed by atoms with Gasteiger partial charge < -0.3 is 39.5 Å². The normalized spacial score (nSPS) is 16.4. The predicted octanol–water partition coefficient (Wildman–Crippen LogP) is 7.30. The maximum Gasteiger partial charge on any atom is 0.472 e. The monoisotopic (exact) mass is 840 g/mol. The van der Waals surface area contributed by atoms with Crippen molar-refractivity contribution in [1.29, 1.82) is 0 Å². The van der Waals surface area contributed by atoms with Gasteiger partial charge in [-0.2, -0.15) is 0 Å². The van der Waals surface area contributed by atoms with E-state index < -0.39 is 78.4 Å². The Morgan fingerprint density at radius 1 is 0.643 bits per heavy atom. The van der Waals surface area contributed by atoms with Crippen LogP contribution < -0.4 is 0 Å². The van der Waals surface area contributed by atoms with Gasteiger partial charge >= 0.3 is 27.6 Å². The summed E-state index contributed by atoms with van der Waals surface area (Å²) in [6.07, 6.45) is 23.5. The molecular formula is C39H70O15P2. The molecule has 0 fully saturated rings. The molecule has 326 valence electrons. The summed E-state index contributed by atoms with van der Waals surface area (Å²) in [6, 6.07) is 0. The molecule has 0 saturated heterocycles. The lowest BCUT2D eigenvalue weighted by atomic mass is 10.00. The molecule has 6 N–H and O–H groups in total. The molecule has 0 bridgehead atoms. The number of hydrogen-bond acceptors (Lipinski definition) is 12. The lowest BCUT2D eigenvalue weighted by Crippen LogP contribution is -2.30. The molecule has 0 aromatic heterocycles. The summed E-state index contributed by atoms with van der Waals surface area (Å²) < 4.78 is 47.4. The molecular weight excluding hydrogens is 770 g/mol. The van der Waals surface area contributed by atoms with E-state index in [1.165, 1.54) is 32.1 Å². The van der Waals surface area contributed by atoms with Crippen LogP contribution in [-0.2, 0) is 41.8 Å². The Kier molecular flexibility index (Phi) is 32.7. The lowest BCUT2D eigenvalue weighted by molar-refractivity contribution is -0.161. The number of carbonyl (C=O) groups is 2. The Morgan fingerprint density at radius 2 is 1.25 bits per heavy atom. The number of carbonyl (C=O) groups excluding carboxylic acids is 2. The average Bonchev–Trinajstić information content (AvgIpc) is 3.14. The molecule has 0 heterocycles. The summed E-state index contributed by atoms with van der Waals surface area (Å²) in [6.45, 7) is 3.62. The Morgan fingerprint density at radius 3 is 1.91 bits per heavy atom. The Labute approximate surface area is 334 Å². The maximum atomic E-state index is 12.6. The fourth-order valence-corrected chi connectivity index (χ4v) is 6.08. The maximum absolute atomic E-state index is 12.6. The molecule has 0 aliphatic heterocycles. The molecule has 17 heteroatoms. The molecule has 0 amide bonds. The number of allylic oxidation sites excluding steroid dienone is 5. The van der Waals surface area contributed by atoms with Gasteiger partial charge in [0.05, 0.1) is 32.0 Å². The number of ether oxygens (including phenoxy) is 2. The number of hydrogen-bond donors (Lipinski definition) is 6. The van der Waals surface area contributed by atoms with E-state index in [4.69, 9.17) is 23.8 Å². The first kappa shape index (κ1) is 54.0. The average molecular weight is 841 g/mol. The zero-order chi connectivity index (χ0) is 42.1. The van der Waals surface area contributed by atoms with Gasteiger partial charge in [-0.25, -0.2) is 9.13 Å². The zero-order valence-electron chi connectivity index (χ0n) is 33.6. The smallest absolute Gasteiger partial charge is 0.462 e. The van der Waals surface area contributed by atoms with Crippen molar-refractivity contribution in [3.05, 3.63) is 48.6 Å². The SMILES string of the molecule is CCCCC/C=C\C[C@@H](O)/C=C/C=C/C=C\[C@@H](O)CCCC(=O)OC[C@H](COP(=O)(O)OC[C@@H](O)COP(=O)(O)O)OC(=O)CCCCCCCCC(C)CC. The van der Waals surface area contributed by atoms with Crippen molar-refractivity contribution in [1.82, 2.24) is 0 Å². The van der Waals surface area contributed by atoms with Crippen LogP contribution in [0.2, 0.25) is 0 Å². The first-order valence-corrected chi connectivity index (χ1v) is 23.0. The standard InChI is InChI=1S/C39H70O15P2/c1-4-6-7-8-12-17-23-34(40)24-18-14-15-19-25-35(41)26-21-28-38(43)50-31-37(32-53-56(48,49)52-30-36(42)29-51-55(45,46)47)54-39(44)27-20-13-10-9-11-16-22-33(3)5-2/h12,14-15,17-19,24-25,33-37,40-42H,4-11,13,16,20-23,26-32H2,1-3H3,(H,48,49)(H2,45,46,47)/b15-14+,17-12-,24-18+,25-19-/t33?,34-,35-,36+,37-/m1/s1. The minimum Gasteiger partial charge on any atom is -0.462 e. The summed E-state index contributed by atoms with van der Waals surface area (Å²) in [4.78, 5) is 52.5. The fraction of sp³-hybridized carbons (Fsp3) is 0.744. The van der Waals surface area contributed by atoms with Crippen molar-refractivity contribution in [2.75, 3.05) is 26.4 Å². The van der Waals surface area contributed by atoms with E-state index in [0.717, 1.165) is 44.4 Å². The molecule has 0 spiro atoms. The van der Waals surface area contributed by atoms with Crippen molar-refractivity contribution >= 4 is 27.6 Å². The van der Waals surface area contributed by atoms with Crippen molar-refractivity contribution in [3.63, 3.8) is 0 Å². The van der Waals surface area contributed by atoms with E-state index in [0.29, 0.717) is 12.8 Å². The first-order chi connectivity index (χ1) is 26.6. The third-order valence-electron chi connectivity index (χ3n) is 8.44. The van der Waals surface area contributed by atoms with E-state index in [1.54, 1.807) is 36.5 Å². The molecule has 0 radical (unpaired) electrons. The molecule has 0 aromatic rings. The number of phosphoric ester groups is 2. The van der Waals surface area contributed by atoms with Crippen LogP contribution >= 0.6 is 15.6 Å². The van der Waals surface area contributed by atoms with E-state index in [-0.39, 0.29) is 25.7 Å². The summed E-state index contributed by atoms with van der Waals surface area (Å²) in [5, 5.41) is 29.9. The quantitative estimate of drug-likeness (QED) is 0.0119. The fourth-order valence-electron chi connectivity index (χ4n) is 4.93. The number of aliphatic hydroxyl groups is 3. The number of esters is 2. The zero-order valence-corrected chi connectivity index (χ0v) is 35.4. The third-order valence-corrected chi connectivity index (χ3v) is 9.88. The van der Waals surface area contributed by atoms with Gasteiger partial charge in [0.25, 0.3) is 0 Å². The van der Waals surface area contributed by atoms with Crippen LogP contribution in [0.15, 0.2) is 48.6 Å². The van der Waals surface area contributed by atoms with E-state index in [9.17, 15) is 38.9 Å². The Hall–Kier alpha value is -2.00. The second-order valence-electron chi connectivity index (χ2n) is 13.9. The van der Waals surface area contributed by atoms with Crippen LogP contribution in [0.5, 0.6) is 0 Å².